The van der Waals surface area contributed by atoms with E-state index in [4.69, 9.17) is 9.47 Å². The van der Waals surface area contributed by atoms with Crippen molar-refractivity contribution in [3.63, 3.8) is 0 Å². The fraction of sp³-hybridized carbons (Fsp3) is 0.200. The highest BCUT2D eigenvalue weighted by Crippen LogP contribution is 2.39. The third-order valence-corrected chi connectivity index (χ3v) is 3.17. The molecule has 0 unspecified atom stereocenters. The number of para-hydroxylation sites is 2. The van der Waals surface area contributed by atoms with Gasteiger partial charge in [0.25, 0.3) is 0 Å². The van der Waals surface area contributed by atoms with E-state index in [9.17, 15) is 5.11 Å². The molecule has 3 heteroatoms. The lowest BCUT2D eigenvalue weighted by Crippen LogP contribution is -2.45. The smallest absolute Gasteiger partial charge is 0.191 e. The van der Waals surface area contributed by atoms with Gasteiger partial charge in [0, 0.05) is 5.56 Å². The molecule has 1 heterocycles. The van der Waals surface area contributed by atoms with Gasteiger partial charge >= 0.3 is 0 Å². The second-order valence-corrected chi connectivity index (χ2v) is 4.36. The normalized spacial score (nSPS) is 21.6. The van der Waals surface area contributed by atoms with Crippen LogP contribution in [0.15, 0.2) is 54.6 Å². The zero-order chi connectivity index (χ0) is 12.4. The maximum atomic E-state index is 9.72. The highest BCUT2D eigenvalue weighted by atomic mass is 16.6. The fourth-order valence-corrected chi connectivity index (χ4v) is 2.14. The molecule has 0 bridgehead atoms. The molecular weight excluding hydrogens is 228 g/mol. The lowest BCUT2D eigenvalue weighted by atomic mass is 9.94. The summed E-state index contributed by atoms with van der Waals surface area (Å²) in [7, 11) is 0. The zero-order valence-electron chi connectivity index (χ0n) is 9.87. The zero-order valence-corrected chi connectivity index (χ0v) is 9.87. The molecule has 0 fully saturated rings. The summed E-state index contributed by atoms with van der Waals surface area (Å²) in [6.07, 6.45) is 0. The Kier molecular flexibility index (Phi) is 2.68. The van der Waals surface area contributed by atoms with Crippen molar-refractivity contribution in [1.29, 1.82) is 0 Å². The Hall–Kier alpha value is -2.00. The molecule has 92 valence electrons. The molecule has 0 spiro atoms. The minimum atomic E-state index is -0.810. The van der Waals surface area contributed by atoms with Gasteiger partial charge in [0.2, 0.25) is 0 Å². The number of aliphatic hydroxyl groups is 1. The van der Waals surface area contributed by atoms with E-state index in [1.54, 1.807) is 0 Å². The predicted octanol–water partition coefficient (Wildman–Crippen LogP) is 2.35. The average molecular weight is 242 g/mol. The Morgan fingerprint density at radius 3 is 2.33 bits per heavy atom. The molecule has 2 aromatic carbocycles. The first kappa shape index (κ1) is 11.1. The van der Waals surface area contributed by atoms with Crippen molar-refractivity contribution in [2.45, 2.75) is 5.60 Å². The number of hydrogen-bond acceptors (Lipinski definition) is 3. The molecule has 3 rings (SSSR count). The molecule has 0 aliphatic carbocycles. The van der Waals surface area contributed by atoms with Crippen molar-refractivity contribution in [3.05, 3.63) is 60.2 Å². The second kappa shape index (κ2) is 4.35. The number of fused-ring (bicyclic) bond motifs is 1. The second-order valence-electron chi connectivity index (χ2n) is 4.36. The van der Waals surface area contributed by atoms with Gasteiger partial charge in [0.15, 0.2) is 17.1 Å². The van der Waals surface area contributed by atoms with Crippen LogP contribution in [0.2, 0.25) is 0 Å². The first-order valence-electron chi connectivity index (χ1n) is 5.91. The van der Waals surface area contributed by atoms with Gasteiger partial charge in [-0.3, -0.25) is 0 Å². The van der Waals surface area contributed by atoms with Gasteiger partial charge in [-0.05, 0) is 12.1 Å². The lowest BCUT2D eigenvalue weighted by molar-refractivity contribution is -0.0522. The maximum absolute atomic E-state index is 9.72. The first-order chi connectivity index (χ1) is 8.84. The fourth-order valence-electron chi connectivity index (χ4n) is 2.14. The summed E-state index contributed by atoms with van der Waals surface area (Å²) in [5.74, 6) is 1.39. The molecule has 1 aliphatic rings. The Morgan fingerprint density at radius 1 is 0.944 bits per heavy atom. The summed E-state index contributed by atoms with van der Waals surface area (Å²) in [5.41, 5.74) is 0.109. The van der Waals surface area contributed by atoms with E-state index in [1.165, 1.54) is 0 Å². The number of ether oxygens (including phenoxy) is 2. The molecule has 0 saturated carbocycles. The molecule has 2 aromatic rings. The molecule has 0 aromatic heterocycles. The van der Waals surface area contributed by atoms with E-state index >= 15 is 0 Å². The molecule has 1 N–H and O–H groups in total. The molecule has 3 nitrogen and oxygen atoms in total. The van der Waals surface area contributed by atoms with Gasteiger partial charge < -0.3 is 14.6 Å². The van der Waals surface area contributed by atoms with Crippen molar-refractivity contribution in [2.75, 3.05) is 13.2 Å². The van der Waals surface area contributed by atoms with Crippen molar-refractivity contribution < 1.29 is 14.6 Å². The molecule has 0 saturated heterocycles. The van der Waals surface area contributed by atoms with Gasteiger partial charge in [0.1, 0.15) is 6.61 Å². The molecule has 0 radical (unpaired) electrons. The Labute approximate surface area is 106 Å². The van der Waals surface area contributed by atoms with E-state index in [1.807, 2.05) is 54.6 Å². The summed E-state index contributed by atoms with van der Waals surface area (Å²) in [6.45, 7) is 0.190. The largest absolute Gasteiger partial charge is 0.485 e. The van der Waals surface area contributed by atoms with Crippen molar-refractivity contribution >= 4 is 0 Å². The van der Waals surface area contributed by atoms with Crippen LogP contribution in [0.4, 0.5) is 0 Å². The number of benzene rings is 2. The van der Waals surface area contributed by atoms with Crippen LogP contribution in [0, 0.1) is 0 Å². The van der Waals surface area contributed by atoms with Gasteiger partial charge in [0.05, 0.1) is 6.61 Å². The van der Waals surface area contributed by atoms with Gasteiger partial charge in [-0.2, -0.15) is 0 Å². The molecule has 18 heavy (non-hydrogen) atoms. The van der Waals surface area contributed by atoms with Crippen LogP contribution < -0.4 is 9.47 Å². The average Bonchev–Trinajstić information content (AvgIpc) is 2.47. The lowest BCUT2D eigenvalue weighted by Gasteiger charge is -2.37. The van der Waals surface area contributed by atoms with E-state index in [2.05, 4.69) is 0 Å². The first-order valence-corrected chi connectivity index (χ1v) is 5.91. The standard InChI is InChI=1S/C15H14O3/c16-10-15(12-6-2-1-3-7-12)11-17-13-8-4-5-9-14(13)18-15/h1-9,16H,10-11H2/t15-/m0/s1. The maximum Gasteiger partial charge on any atom is 0.191 e. The molecule has 1 atom stereocenters. The van der Waals surface area contributed by atoms with Gasteiger partial charge in [-0.15, -0.1) is 0 Å². The Bertz CT molecular complexity index is 538. The van der Waals surface area contributed by atoms with E-state index in [0.29, 0.717) is 12.4 Å². The van der Waals surface area contributed by atoms with Crippen LogP contribution in [0.1, 0.15) is 5.56 Å². The molecule has 0 amide bonds. The van der Waals surface area contributed by atoms with Crippen LogP contribution >= 0.6 is 0 Å². The number of rotatable bonds is 2. The van der Waals surface area contributed by atoms with Crippen LogP contribution in [0.5, 0.6) is 11.5 Å². The highest BCUT2D eigenvalue weighted by molar-refractivity contribution is 5.43. The van der Waals surface area contributed by atoms with Crippen LogP contribution in [0.25, 0.3) is 0 Å². The topological polar surface area (TPSA) is 38.7 Å². The van der Waals surface area contributed by atoms with Crippen LogP contribution in [-0.4, -0.2) is 18.3 Å². The summed E-state index contributed by atoms with van der Waals surface area (Å²) >= 11 is 0. The molecular formula is C15H14O3. The Balaban J connectivity index is 2.01. The van der Waals surface area contributed by atoms with Gasteiger partial charge in [-0.1, -0.05) is 42.5 Å². The summed E-state index contributed by atoms with van der Waals surface area (Å²) in [4.78, 5) is 0. The SMILES string of the molecule is OC[C@@]1(c2ccccc2)COc2ccccc2O1. The van der Waals surface area contributed by atoms with Crippen molar-refractivity contribution in [3.8, 4) is 11.5 Å². The quantitative estimate of drug-likeness (QED) is 0.878. The third kappa shape index (κ3) is 1.73. The summed E-state index contributed by atoms with van der Waals surface area (Å²) < 4.78 is 11.7. The Morgan fingerprint density at radius 2 is 1.61 bits per heavy atom. The summed E-state index contributed by atoms with van der Waals surface area (Å²) in [5, 5.41) is 9.72. The monoisotopic (exact) mass is 242 g/mol. The summed E-state index contributed by atoms with van der Waals surface area (Å²) in [6, 6.07) is 17.2. The van der Waals surface area contributed by atoms with E-state index in [-0.39, 0.29) is 6.61 Å². The number of hydrogen-bond donors (Lipinski definition) is 1. The van der Waals surface area contributed by atoms with Gasteiger partial charge in [-0.25, -0.2) is 0 Å². The third-order valence-electron chi connectivity index (χ3n) is 3.17. The van der Waals surface area contributed by atoms with Crippen LogP contribution in [-0.2, 0) is 5.60 Å². The highest BCUT2D eigenvalue weighted by Gasteiger charge is 2.39. The van der Waals surface area contributed by atoms with Crippen molar-refractivity contribution in [2.24, 2.45) is 0 Å². The molecule has 1 aliphatic heterocycles. The minimum absolute atomic E-state index is 0.120. The number of aliphatic hydroxyl groups excluding tert-OH is 1. The van der Waals surface area contributed by atoms with E-state index < -0.39 is 5.60 Å². The minimum Gasteiger partial charge on any atom is -0.485 e. The van der Waals surface area contributed by atoms with E-state index in [0.717, 1.165) is 11.3 Å². The predicted molar refractivity (Wildman–Crippen MR) is 67.8 cm³/mol. The van der Waals surface area contributed by atoms with Crippen molar-refractivity contribution in [1.82, 2.24) is 0 Å². The van der Waals surface area contributed by atoms with Crippen LogP contribution in [0.3, 0.4) is 0 Å².